The summed E-state index contributed by atoms with van der Waals surface area (Å²) < 4.78 is 0. The lowest BCUT2D eigenvalue weighted by atomic mass is 9.98. The molecule has 0 unspecified atom stereocenters. The minimum Gasteiger partial charge on any atom is -0.373 e. The summed E-state index contributed by atoms with van der Waals surface area (Å²) in [4.78, 5) is 25.2. The van der Waals surface area contributed by atoms with Gasteiger partial charge in [-0.3, -0.25) is 4.79 Å². The quantitative estimate of drug-likeness (QED) is 0.897. The highest BCUT2D eigenvalue weighted by Crippen LogP contribution is 2.28. The van der Waals surface area contributed by atoms with Crippen LogP contribution in [0.25, 0.3) is 0 Å². The van der Waals surface area contributed by atoms with Crippen LogP contribution >= 0.6 is 0 Å². The number of hydrogen-bond acceptors (Lipinski definition) is 5. The van der Waals surface area contributed by atoms with Crippen molar-refractivity contribution in [2.24, 2.45) is 0 Å². The van der Waals surface area contributed by atoms with Gasteiger partial charge in [0.15, 0.2) is 0 Å². The van der Waals surface area contributed by atoms with E-state index in [0.717, 1.165) is 30.4 Å². The van der Waals surface area contributed by atoms with E-state index in [9.17, 15) is 4.79 Å². The van der Waals surface area contributed by atoms with E-state index in [1.165, 1.54) is 0 Å². The Morgan fingerprint density at radius 3 is 2.65 bits per heavy atom. The zero-order chi connectivity index (χ0) is 14.9. The third kappa shape index (κ3) is 2.42. The second kappa shape index (κ2) is 5.26. The van der Waals surface area contributed by atoms with Crippen LogP contribution in [-0.2, 0) is 11.2 Å². The van der Waals surface area contributed by atoms with Crippen molar-refractivity contribution in [2.45, 2.75) is 32.7 Å². The van der Waals surface area contributed by atoms with E-state index in [1.54, 1.807) is 4.90 Å². The summed E-state index contributed by atoms with van der Waals surface area (Å²) >= 11 is 0. The van der Waals surface area contributed by atoms with Crippen molar-refractivity contribution in [3.05, 3.63) is 11.9 Å². The van der Waals surface area contributed by atoms with Crippen molar-refractivity contribution in [1.82, 2.24) is 14.9 Å². The molecular weight excluding hydrogens is 254 g/mol. The molecule has 6 nitrogen and oxygen atoms in total. The maximum absolute atomic E-state index is 12.4. The number of carbonyl (C=O) groups excluding carboxylic acids is 1. The van der Waals surface area contributed by atoms with E-state index < -0.39 is 5.54 Å². The number of aromatic nitrogens is 2. The lowest BCUT2D eigenvalue weighted by Crippen LogP contribution is -2.62. The minimum atomic E-state index is -0.586. The molecule has 0 atom stereocenters. The molecule has 1 N–H and O–H groups in total. The van der Waals surface area contributed by atoms with Crippen molar-refractivity contribution in [3.8, 4) is 0 Å². The Hall–Kier alpha value is -1.85. The second-order valence-electron chi connectivity index (χ2n) is 5.57. The molecule has 2 heterocycles. The van der Waals surface area contributed by atoms with Crippen LogP contribution in [0.5, 0.6) is 0 Å². The molecule has 1 fully saturated rings. The number of carbonyl (C=O) groups is 1. The number of hydrogen-bond donors (Lipinski definition) is 1. The number of rotatable bonds is 3. The third-order valence-corrected chi connectivity index (χ3v) is 3.81. The van der Waals surface area contributed by atoms with E-state index >= 15 is 0 Å². The molecule has 1 aliphatic heterocycles. The number of nitrogens with zero attached hydrogens (tertiary/aromatic N) is 4. The number of aryl methyl sites for hydroxylation is 1. The molecule has 1 aromatic heterocycles. The summed E-state index contributed by atoms with van der Waals surface area (Å²) in [6.07, 6.45) is 0.768. The summed E-state index contributed by atoms with van der Waals surface area (Å²) in [7, 11) is 3.68. The van der Waals surface area contributed by atoms with Crippen LogP contribution < -0.4 is 10.2 Å². The monoisotopic (exact) mass is 277 g/mol. The number of amides is 1. The molecule has 0 bridgehead atoms. The van der Waals surface area contributed by atoms with Crippen LogP contribution in [-0.4, -0.2) is 53.5 Å². The van der Waals surface area contributed by atoms with Gasteiger partial charge in [-0.2, -0.15) is 0 Å². The molecular formula is C14H23N5O. The maximum Gasteiger partial charge on any atom is 0.247 e. The van der Waals surface area contributed by atoms with Crippen LogP contribution in [0.15, 0.2) is 6.07 Å². The average Bonchev–Trinajstić information content (AvgIpc) is 2.44. The molecule has 1 aromatic rings. The number of anilines is 2. The lowest BCUT2D eigenvalue weighted by molar-refractivity contribution is -0.136. The Morgan fingerprint density at radius 1 is 1.35 bits per heavy atom. The number of piperazine rings is 1. The first kappa shape index (κ1) is 14.6. The number of nitrogens with one attached hydrogen (secondary N) is 1. The van der Waals surface area contributed by atoms with E-state index in [4.69, 9.17) is 0 Å². The summed E-state index contributed by atoms with van der Waals surface area (Å²) in [5.41, 5.74) is -0.586. The predicted molar refractivity (Wildman–Crippen MR) is 80.0 cm³/mol. The zero-order valence-corrected chi connectivity index (χ0v) is 12.9. The minimum absolute atomic E-state index is 0.117. The molecule has 2 rings (SSSR count). The third-order valence-electron chi connectivity index (χ3n) is 3.81. The molecule has 110 valence electrons. The largest absolute Gasteiger partial charge is 0.373 e. The van der Waals surface area contributed by atoms with Gasteiger partial charge in [-0.05, 0) is 13.8 Å². The Kier molecular flexibility index (Phi) is 3.83. The van der Waals surface area contributed by atoms with Gasteiger partial charge < -0.3 is 15.1 Å². The Bertz CT molecular complexity index is 492. The Morgan fingerprint density at radius 2 is 2.05 bits per heavy atom. The Balaban J connectivity index is 2.42. The molecule has 0 saturated carbocycles. The van der Waals surface area contributed by atoms with Crippen LogP contribution in [0.1, 0.15) is 26.6 Å². The van der Waals surface area contributed by atoms with Gasteiger partial charge in [0.1, 0.15) is 23.0 Å². The van der Waals surface area contributed by atoms with Gasteiger partial charge >= 0.3 is 0 Å². The molecule has 0 aliphatic carbocycles. The molecule has 6 heteroatoms. The molecule has 1 aliphatic rings. The van der Waals surface area contributed by atoms with Gasteiger partial charge in [-0.15, -0.1) is 0 Å². The van der Waals surface area contributed by atoms with E-state index in [-0.39, 0.29) is 5.91 Å². The van der Waals surface area contributed by atoms with Crippen LogP contribution in [0.2, 0.25) is 0 Å². The average molecular weight is 277 g/mol. The van der Waals surface area contributed by atoms with E-state index in [1.807, 2.05) is 40.9 Å². The fourth-order valence-electron chi connectivity index (χ4n) is 2.52. The maximum atomic E-state index is 12.4. The highest BCUT2D eigenvalue weighted by Gasteiger charge is 2.41. The zero-order valence-electron chi connectivity index (χ0n) is 12.9. The highest BCUT2D eigenvalue weighted by molar-refractivity contribution is 5.90. The van der Waals surface area contributed by atoms with Crippen molar-refractivity contribution in [2.75, 3.05) is 37.4 Å². The van der Waals surface area contributed by atoms with E-state index in [2.05, 4.69) is 20.2 Å². The smallest absolute Gasteiger partial charge is 0.247 e. The number of likely N-dealkylation sites (N-methyl/N-ethyl adjacent to an activating group) is 1. The molecule has 0 aromatic carbocycles. The molecule has 0 radical (unpaired) electrons. The fourth-order valence-corrected chi connectivity index (χ4v) is 2.52. The predicted octanol–water partition coefficient (Wildman–Crippen LogP) is 1.14. The first-order valence-electron chi connectivity index (χ1n) is 6.99. The summed E-state index contributed by atoms with van der Waals surface area (Å²) in [6.45, 7) is 7.40. The van der Waals surface area contributed by atoms with Crippen molar-refractivity contribution >= 4 is 17.5 Å². The summed E-state index contributed by atoms with van der Waals surface area (Å²) in [6, 6.07) is 1.90. The van der Waals surface area contributed by atoms with Gasteiger partial charge in [0, 0.05) is 39.7 Å². The normalized spacial score (nSPS) is 18.4. The fraction of sp³-hybridized carbons (Fsp3) is 0.643. The Labute approximate surface area is 120 Å². The summed E-state index contributed by atoms with van der Waals surface area (Å²) in [5.74, 6) is 2.50. The standard InChI is InChI=1S/C14H23N5O/c1-6-10-16-11(15-4)9-12(17-10)19-8-7-18(5)13(20)14(19,2)3/h9H,6-8H2,1-5H3,(H,15,16,17). The summed E-state index contributed by atoms with van der Waals surface area (Å²) in [5, 5.41) is 3.06. The topological polar surface area (TPSA) is 61.4 Å². The SMILES string of the molecule is CCc1nc(NC)cc(N2CCN(C)C(=O)C2(C)C)n1. The van der Waals surface area contributed by atoms with Crippen molar-refractivity contribution in [1.29, 1.82) is 0 Å². The van der Waals surface area contributed by atoms with Crippen LogP contribution in [0, 0.1) is 0 Å². The van der Waals surface area contributed by atoms with Crippen molar-refractivity contribution in [3.63, 3.8) is 0 Å². The van der Waals surface area contributed by atoms with Gasteiger partial charge in [0.25, 0.3) is 0 Å². The van der Waals surface area contributed by atoms with Gasteiger partial charge in [-0.1, -0.05) is 6.92 Å². The molecule has 1 amide bonds. The first-order valence-corrected chi connectivity index (χ1v) is 6.99. The first-order chi connectivity index (χ1) is 9.40. The van der Waals surface area contributed by atoms with Gasteiger partial charge in [0.05, 0.1) is 0 Å². The van der Waals surface area contributed by atoms with Gasteiger partial charge in [-0.25, -0.2) is 9.97 Å². The van der Waals surface area contributed by atoms with Crippen LogP contribution in [0.3, 0.4) is 0 Å². The molecule has 0 spiro atoms. The molecule has 20 heavy (non-hydrogen) atoms. The highest BCUT2D eigenvalue weighted by atomic mass is 16.2. The second-order valence-corrected chi connectivity index (χ2v) is 5.57. The lowest BCUT2D eigenvalue weighted by Gasteiger charge is -2.45. The molecule has 1 saturated heterocycles. The van der Waals surface area contributed by atoms with E-state index in [0.29, 0.717) is 6.54 Å². The van der Waals surface area contributed by atoms with Gasteiger partial charge in [0.2, 0.25) is 5.91 Å². The van der Waals surface area contributed by atoms with Crippen molar-refractivity contribution < 1.29 is 4.79 Å². The van der Waals surface area contributed by atoms with Crippen LogP contribution in [0.4, 0.5) is 11.6 Å².